The first-order valence-electron chi connectivity index (χ1n) is 11.0. The summed E-state index contributed by atoms with van der Waals surface area (Å²) < 4.78 is 0. The predicted molar refractivity (Wildman–Crippen MR) is 129 cm³/mol. The molecule has 1 fully saturated rings. The molecule has 7 heteroatoms. The van der Waals surface area contributed by atoms with Gasteiger partial charge < -0.3 is 10.2 Å². The SMILES string of the molecule is O=C(CN1CCN(CCCc2ccccc2)CC1)Nc1cc(Cl)nc(-c2ccccc2)n1. The zero-order valence-corrected chi connectivity index (χ0v) is 18.8. The minimum absolute atomic E-state index is 0.0868. The van der Waals surface area contributed by atoms with Crippen LogP contribution in [0.25, 0.3) is 11.4 Å². The minimum Gasteiger partial charge on any atom is -0.309 e. The molecule has 32 heavy (non-hydrogen) atoms. The van der Waals surface area contributed by atoms with Crippen LogP contribution in [0.2, 0.25) is 5.15 Å². The number of halogens is 1. The van der Waals surface area contributed by atoms with Crippen LogP contribution in [-0.2, 0) is 11.2 Å². The lowest BCUT2D eigenvalue weighted by molar-refractivity contribution is -0.117. The first-order chi connectivity index (χ1) is 15.7. The molecule has 0 aliphatic carbocycles. The molecule has 0 unspecified atom stereocenters. The van der Waals surface area contributed by atoms with Gasteiger partial charge in [0, 0.05) is 37.8 Å². The molecule has 4 rings (SSSR count). The van der Waals surface area contributed by atoms with Crippen molar-refractivity contribution < 1.29 is 4.79 Å². The van der Waals surface area contributed by atoms with Gasteiger partial charge in [-0.3, -0.25) is 9.69 Å². The Morgan fingerprint density at radius 3 is 2.28 bits per heavy atom. The maximum absolute atomic E-state index is 12.6. The number of carbonyl (C=O) groups is 1. The molecule has 0 spiro atoms. The fraction of sp³-hybridized carbons (Fsp3) is 0.320. The number of hydrogen-bond acceptors (Lipinski definition) is 5. The summed E-state index contributed by atoms with van der Waals surface area (Å²) >= 11 is 6.15. The van der Waals surface area contributed by atoms with Crippen LogP contribution in [0.1, 0.15) is 12.0 Å². The van der Waals surface area contributed by atoms with Crippen molar-refractivity contribution in [3.63, 3.8) is 0 Å². The Morgan fingerprint density at radius 2 is 1.56 bits per heavy atom. The fourth-order valence-corrected chi connectivity index (χ4v) is 4.09. The Bertz CT molecular complexity index is 1010. The fourth-order valence-electron chi connectivity index (χ4n) is 3.91. The van der Waals surface area contributed by atoms with Gasteiger partial charge >= 0.3 is 0 Å². The highest BCUT2D eigenvalue weighted by Gasteiger charge is 2.19. The normalized spacial score (nSPS) is 14.9. The van der Waals surface area contributed by atoms with Crippen molar-refractivity contribution in [2.24, 2.45) is 0 Å². The number of anilines is 1. The van der Waals surface area contributed by atoms with Crippen LogP contribution in [0.5, 0.6) is 0 Å². The van der Waals surface area contributed by atoms with E-state index in [1.54, 1.807) is 6.07 Å². The van der Waals surface area contributed by atoms with Crippen LogP contribution in [0.4, 0.5) is 5.82 Å². The van der Waals surface area contributed by atoms with Crippen LogP contribution in [-0.4, -0.2) is 64.9 Å². The van der Waals surface area contributed by atoms with E-state index >= 15 is 0 Å². The van der Waals surface area contributed by atoms with Crippen LogP contribution in [0, 0.1) is 0 Å². The van der Waals surface area contributed by atoms with E-state index in [0.29, 0.717) is 23.3 Å². The first kappa shape index (κ1) is 22.4. The first-order valence-corrected chi connectivity index (χ1v) is 11.4. The van der Waals surface area contributed by atoms with Crippen LogP contribution < -0.4 is 5.32 Å². The van der Waals surface area contributed by atoms with Crippen molar-refractivity contribution >= 4 is 23.3 Å². The molecular weight excluding hydrogens is 422 g/mol. The summed E-state index contributed by atoms with van der Waals surface area (Å²) in [5.41, 5.74) is 2.25. The smallest absolute Gasteiger partial charge is 0.239 e. The maximum Gasteiger partial charge on any atom is 0.239 e. The van der Waals surface area contributed by atoms with Gasteiger partial charge in [0.15, 0.2) is 5.82 Å². The van der Waals surface area contributed by atoms with Gasteiger partial charge in [0.1, 0.15) is 11.0 Å². The molecule has 1 saturated heterocycles. The van der Waals surface area contributed by atoms with Gasteiger partial charge in [0.2, 0.25) is 5.91 Å². The minimum atomic E-state index is -0.0868. The molecule has 1 N–H and O–H groups in total. The van der Waals surface area contributed by atoms with E-state index in [0.717, 1.165) is 51.1 Å². The number of rotatable bonds is 8. The average Bonchev–Trinajstić information content (AvgIpc) is 2.81. The lowest BCUT2D eigenvalue weighted by Gasteiger charge is -2.34. The molecule has 0 bridgehead atoms. The van der Waals surface area contributed by atoms with Gasteiger partial charge in [-0.05, 0) is 24.9 Å². The van der Waals surface area contributed by atoms with Gasteiger partial charge in [0.05, 0.1) is 6.54 Å². The van der Waals surface area contributed by atoms with E-state index < -0.39 is 0 Å². The number of nitrogens with one attached hydrogen (secondary N) is 1. The summed E-state index contributed by atoms with van der Waals surface area (Å²) in [6.45, 7) is 5.19. The highest BCUT2D eigenvalue weighted by Crippen LogP contribution is 2.20. The summed E-state index contributed by atoms with van der Waals surface area (Å²) in [7, 11) is 0. The second kappa shape index (κ2) is 11.2. The average molecular weight is 450 g/mol. The third-order valence-corrected chi connectivity index (χ3v) is 5.80. The Balaban J connectivity index is 1.22. The number of benzene rings is 2. The lowest BCUT2D eigenvalue weighted by atomic mass is 10.1. The molecule has 2 aromatic carbocycles. The second-order valence-electron chi connectivity index (χ2n) is 8.02. The largest absolute Gasteiger partial charge is 0.309 e. The highest BCUT2D eigenvalue weighted by molar-refractivity contribution is 6.29. The number of aryl methyl sites for hydroxylation is 1. The molecule has 2 heterocycles. The summed E-state index contributed by atoms with van der Waals surface area (Å²) in [6.07, 6.45) is 2.26. The van der Waals surface area contributed by atoms with Crippen molar-refractivity contribution in [2.45, 2.75) is 12.8 Å². The van der Waals surface area contributed by atoms with Crippen LogP contribution in [0.15, 0.2) is 66.7 Å². The van der Waals surface area contributed by atoms with Crippen molar-refractivity contribution in [3.8, 4) is 11.4 Å². The molecule has 0 saturated carbocycles. The van der Waals surface area contributed by atoms with Gasteiger partial charge in [-0.1, -0.05) is 72.3 Å². The van der Waals surface area contributed by atoms with E-state index in [1.165, 1.54) is 5.56 Å². The molecular formula is C25H28ClN5O. The number of piperazine rings is 1. The number of amides is 1. The summed E-state index contributed by atoms with van der Waals surface area (Å²) in [4.78, 5) is 26.0. The zero-order chi connectivity index (χ0) is 22.2. The molecule has 3 aromatic rings. The van der Waals surface area contributed by atoms with Crippen LogP contribution in [0.3, 0.4) is 0 Å². The Labute approximate surface area is 194 Å². The third kappa shape index (κ3) is 6.60. The monoisotopic (exact) mass is 449 g/mol. The lowest BCUT2D eigenvalue weighted by Crippen LogP contribution is -2.48. The van der Waals surface area contributed by atoms with Crippen molar-refractivity contribution in [3.05, 3.63) is 77.4 Å². The number of nitrogens with zero attached hydrogens (tertiary/aromatic N) is 4. The molecule has 6 nitrogen and oxygen atoms in total. The maximum atomic E-state index is 12.6. The van der Waals surface area contributed by atoms with E-state index in [2.05, 4.69) is 55.4 Å². The summed E-state index contributed by atoms with van der Waals surface area (Å²) in [6, 6.07) is 21.8. The molecule has 1 amide bonds. The van der Waals surface area contributed by atoms with Crippen LogP contribution >= 0.6 is 11.6 Å². The highest BCUT2D eigenvalue weighted by atomic mass is 35.5. The van der Waals surface area contributed by atoms with Crippen molar-refractivity contribution in [2.75, 3.05) is 44.6 Å². The summed E-state index contributed by atoms with van der Waals surface area (Å²) in [5.74, 6) is 0.835. The Morgan fingerprint density at radius 1 is 0.906 bits per heavy atom. The Kier molecular flexibility index (Phi) is 7.82. The standard InChI is InChI=1S/C25H28ClN5O/c26-22-18-23(29-25(27-22)21-11-5-2-6-12-21)28-24(32)19-31-16-14-30(15-17-31)13-7-10-20-8-3-1-4-9-20/h1-6,8-9,11-12,18H,7,10,13-17,19H2,(H,27,28,29,32). The summed E-state index contributed by atoms with van der Waals surface area (Å²) in [5, 5.41) is 3.18. The molecule has 1 aliphatic rings. The van der Waals surface area contributed by atoms with Gasteiger partial charge in [0.25, 0.3) is 0 Å². The third-order valence-electron chi connectivity index (χ3n) is 5.61. The second-order valence-corrected chi connectivity index (χ2v) is 8.41. The van der Waals surface area contributed by atoms with E-state index in [9.17, 15) is 4.79 Å². The number of carbonyl (C=O) groups excluding carboxylic acids is 1. The molecule has 0 radical (unpaired) electrons. The topological polar surface area (TPSA) is 61.4 Å². The quantitative estimate of drug-likeness (QED) is 0.527. The van der Waals surface area contributed by atoms with E-state index in [-0.39, 0.29) is 5.91 Å². The number of aromatic nitrogens is 2. The van der Waals surface area contributed by atoms with Crippen molar-refractivity contribution in [1.82, 2.24) is 19.8 Å². The molecule has 0 atom stereocenters. The molecule has 166 valence electrons. The van der Waals surface area contributed by atoms with Gasteiger partial charge in [-0.25, -0.2) is 9.97 Å². The van der Waals surface area contributed by atoms with Crippen molar-refractivity contribution in [1.29, 1.82) is 0 Å². The van der Waals surface area contributed by atoms with Gasteiger partial charge in [-0.15, -0.1) is 0 Å². The predicted octanol–water partition coefficient (Wildman–Crippen LogP) is 3.99. The van der Waals surface area contributed by atoms with E-state index in [4.69, 9.17) is 11.6 Å². The van der Waals surface area contributed by atoms with E-state index in [1.807, 2.05) is 30.3 Å². The van der Waals surface area contributed by atoms with Gasteiger partial charge in [-0.2, -0.15) is 0 Å². The zero-order valence-electron chi connectivity index (χ0n) is 18.1. The molecule has 1 aliphatic heterocycles. The Hall–Kier alpha value is -2.80. The molecule has 1 aromatic heterocycles. The number of hydrogen-bond donors (Lipinski definition) is 1.